The number of halogens is 3. The Kier molecular flexibility index (Phi) is 7.81. The maximum absolute atomic E-state index is 12.7. The fraction of sp³-hybridized carbons (Fsp3) is 0.579. The maximum Gasteiger partial charge on any atom is 0.328 e. The molecule has 2 atom stereocenters. The minimum Gasteiger partial charge on any atom is -0.464 e. The Morgan fingerprint density at radius 2 is 1.89 bits per heavy atom. The van der Waals surface area contributed by atoms with Crippen LogP contribution in [0, 0.1) is 11.3 Å². The highest BCUT2D eigenvalue weighted by molar-refractivity contribution is 6.34. The zero-order valence-electron chi connectivity index (χ0n) is 15.2. The smallest absolute Gasteiger partial charge is 0.328 e. The molecular weight excluding hydrogens is 411 g/mol. The Hall–Kier alpha value is -1.01. The van der Waals surface area contributed by atoms with Crippen LogP contribution >= 0.6 is 35.6 Å². The fourth-order valence-corrected chi connectivity index (χ4v) is 4.44. The molecule has 150 valence electrons. The predicted octanol–water partition coefficient (Wildman–Crippen LogP) is 3.40. The van der Waals surface area contributed by atoms with Crippen LogP contribution in [-0.4, -0.2) is 37.6 Å². The van der Waals surface area contributed by atoms with Crippen LogP contribution in [0.5, 0.6) is 0 Å². The van der Waals surface area contributed by atoms with E-state index in [2.05, 4.69) is 10.6 Å². The Balaban J connectivity index is 0.00000261. The van der Waals surface area contributed by atoms with Crippen LogP contribution in [0.4, 0.5) is 0 Å². The van der Waals surface area contributed by atoms with Crippen molar-refractivity contribution in [2.45, 2.75) is 38.6 Å². The van der Waals surface area contributed by atoms with Crippen LogP contribution in [0.1, 0.15) is 31.7 Å². The largest absolute Gasteiger partial charge is 0.464 e. The highest BCUT2D eigenvalue weighted by atomic mass is 35.5. The molecule has 27 heavy (non-hydrogen) atoms. The SMILES string of the molecule is CCOC(=O)C(Cc1cc(Cl)cc(Cl)c1)NC(=O)C1CC12CCNCC2.Cl. The van der Waals surface area contributed by atoms with Crippen LogP contribution in [0.3, 0.4) is 0 Å². The van der Waals surface area contributed by atoms with Gasteiger partial charge in [0.05, 0.1) is 6.61 Å². The summed E-state index contributed by atoms with van der Waals surface area (Å²) in [6.45, 7) is 3.91. The van der Waals surface area contributed by atoms with Gasteiger partial charge in [-0.15, -0.1) is 12.4 Å². The van der Waals surface area contributed by atoms with Crippen molar-refractivity contribution in [3.63, 3.8) is 0 Å². The number of carbonyl (C=O) groups excluding carboxylic acids is 2. The molecule has 1 aromatic rings. The number of benzene rings is 1. The molecule has 5 nitrogen and oxygen atoms in total. The van der Waals surface area contributed by atoms with Crippen LogP contribution in [0.15, 0.2) is 18.2 Å². The second-order valence-corrected chi connectivity index (χ2v) is 8.04. The van der Waals surface area contributed by atoms with Gasteiger partial charge in [0, 0.05) is 22.4 Å². The molecule has 3 rings (SSSR count). The highest BCUT2D eigenvalue weighted by Crippen LogP contribution is 2.58. The van der Waals surface area contributed by atoms with E-state index in [0.29, 0.717) is 16.5 Å². The van der Waals surface area contributed by atoms with Crippen LogP contribution in [0.25, 0.3) is 0 Å². The summed E-state index contributed by atoms with van der Waals surface area (Å²) in [5.74, 6) is -0.500. The number of hydrogen-bond acceptors (Lipinski definition) is 4. The number of ether oxygens (including phenoxy) is 1. The van der Waals surface area contributed by atoms with Crippen molar-refractivity contribution in [3.05, 3.63) is 33.8 Å². The molecule has 1 heterocycles. The van der Waals surface area contributed by atoms with Crippen molar-refractivity contribution >= 4 is 47.5 Å². The third-order valence-corrected chi connectivity index (χ3v) is 5.79. The molecule has 2 unspecified atom stereocenters. The number of piperidine rings is 1. The average molecular weight is 436 g/mol. The summed E-state index contributed by atoms with van der Waals surface area (Å²) in [5, 5.41) is 7.23. The zero-order valence-corrected chi connectivity index (χ0v) is 17.6. The minimum atomic E-state index is -0.739. The van der Waals surface area contributed by atoms with E-state index in [4.69, 9.17) is 27.9 Å². The molecule has 1 aliphatic heterocycles. The molecule has 1 amide bonds. The lowest BCUT2D eigenvalue weighted by molar-refractivity contribution is -0.147. The van der Waals surface area contributed by atoms with Crippen molar-refractivity contribution in [1.29, 1.82) is 0 Å². The number of esters is 1. The van der Waals surface area contributed by atoms with E-state index in [1.807, 2.05) is 0 Å². The van der Waals surface area contributed by atoms with Gasteiger partial charge in [0.2, 0.25) is 5.91 Å². The van der Waals surface area contributed by atoms with E-state index in [9.17, 15) is 9.59 Å². The van der Waals surface area contributed by atoms with Crippen molar-refractivity contribution < 1.29 is 14.3 Å². The van der Waals surface area contributed by atoms with Crippen LogP contribution < -0.4 is 10.6 Å². The molecule has 1 aliphatic carbocycles. The first kappa shape index (κ1) is 22.3. The summed E-state index contributed by atoms with van der Waals surface area (Å²) in [7, 11) is 0. The first-order chi connectivity index (χ1) is 12.4. The molecule has 0 aromatic heterocycles. The van der Waals surface area contributed by atoms with Gasteiger partial charge in [0.25, 0.3) is 0 Å². The van der Waals surface area contributed by atoms with E-state index in [-0.39, 0.29) is 36.3 Å². The first-order valence-electron chi connectivity index (χ1n) is 9.06. The first-order valence-corrected chi connectivity index (χ1v) is 9.82. The molecule has 1 saturated heterocycles. The van der Waals surface area contributed by atoms with Gasteiger partial charge in [-0.1, -0.05) is 23.2 Å². The van der Waals surface area contributed by atoms with Gasteiger partial charge < -0.3 is 15.4 Å². The lowest BCUT2D eigenvalue weighted by atomic mass is 9.91. The van der Waals surface area contributed by atoms with Gasteiger partial charge in [0.1, 0.15) is 6.04 Å². The second-order valence-electron chi connectivity index (χ2n) is 7.16. The molecule has 1 saturated carbocycles. The van der Waals surface area contributed by atoms with E-state index in [1.54, 1.807) is 25.1 Å². The third kappa shape index (κ3) is 5.50. The molecule has 8 heteroatoms. The quantitative estimate of drug-likeness (QED) is 0.672. The Morgan fingerprint density at radius 1 is 1.26 bits per heavy atom. The van der Waals surface area contributed by atoms with Gasteiger partial charge in [-0.05, 0) is 68.5 Å². The molecule has 0 radical (unpaired) electrons. The molecular formula is C19H25Cl3N2O3. The third-order valence-electron chi connectivity index (χ3n) is 5.36. The summed E-state index contributed by atoms with van der Waals surface area (Å²) in [5.41, 5.74) is 0.904. The van der Waals surface area contributed by atoms with Crippen LogP contribution in [-0.2, 0) is 20.7 Å². The number of nitrogens with one attached hydrogen (secondary N) is 2. The van der Waals surface area contributed by atoms with E-state index in [0.717, 1.165) is 37.9 Å². The van der Waals surface area contributed by atoms with Crippen molar-refractivity contribution in [2.75, 3.05) is 19.7 Å². The number of rotatable bonds is 6. The number of amides is 1. The number of hydrogen-bond donors (Lipinski definition) is 2. The predicted molar refractivity (Wildman–Crippen MR) is 109 cm³/mol. The molecule has 1 aromatic carbocycles. The lowest BCUT2D eigenvalue weighted by Gasteiger charge is -2.24. The van der Waals surface area contributed by atoms with E-state index >= 15 is 0 Å². The Morgan fingerprint density at radius 3 is 2.48 bits per heavy atom. The lowest BCUT2D eigenvalue weighted by Crippen LogP contribution is -2.45. The molecule has 1 spiro atoms. The number of carbonyl (C=O) groups is 2. The van der Waals surface area contributed by atoms with Gasteiger partial charge in [-0.2, -0.15) is 0 Å². The van der Waals surface area contributed by atoms with Gasteiger partial charge in [-0.25, -0.2) is 4.79 Å². The topological polar surface area (TPSA) is 67.4 Å². The van der Waals surface area contributed by atoms with Gasteiger partial charge in [0.15, 0.2) is 0 Å². The second kappa shape index (κ2) is 9.46. The van der Waals surface area contributed by atoms with Crippen molar-refractivity contribution in [1.82, 2.24) is 10.6 Å². The summed E-state index contributed by atoms with van der Waals surface area (Å²) >= 11 is 12.1. The van der Waals surface area contributed by atoms with E-state index < -0.39 is 12.0 Å². The van der Waals surface area contributed by atoms with E-state index in [1.165, 1.54) is 0 Å². The molecule has 2 fully saturated rings. The standard InChI is InChI=1S/C19H24Cl2N2O3.ClH/c1-2-26-18(25)16(9-12-7-13(20)10-14(21)8-12)23-17(24)15-11-19(15)3-5-22-6-4-19;/h7-8,10,15-16,22H,2-6,9,11H2,1H3,(H,23,24);1H. The molecule has 2 N–H and O–H groups in total. The van der Waals surface area contributed by atoms with Crippen LogP contribution in [0.2, 0.25) is 10.0 Å². The average Bonchev–Trinajstić information content (AvgIpc) is 3.27. The monoisotopic (exact) mass is 434 g/mol. The van der Waals surface area contributed by atoms with Gasteiger partial charge >= 0.3 is 5.97 Å². The van der Waals surface area contributed by atoms with Crippen molar-refractivity contribution in [3.8, 4) is 0 Å². The minimum absolute atomic E-state index is 0. The highest BCUT2D eigenvalue weighted by Gasteiger charge is 2.57. The van der Waals surface area contributed by atoms with Gasteiger partial charge in [-0.3, -0.25) is 4.79 Å². The molecule has 0 bridgehead atoms. The summed E-state index contributed by atoms with van der Waals surface area (Å²) in [4.78, 5) is 25.1. The Bertz CT molecular complexity index is 673. The Labute approximate surface area is 175 Å². The molecule has 2 aliphatic rings. The zero-order chi connectivity index (χ0) is 18.7. The normalized spacial score (nSPS) is 21.1. The fourth-order valence-electron chi connectivity index (χ4n) is 3.87. The summed E-state index contributed by atoms with van der Waals surface area (Å²) in [6, 6.07) is 4.39. The van der Waals surface area contributed by atoms with Crippen molar-refractivity contribution in [2.24, 2.45) is 11.3 Å². The summed E-state index contributed by atoms with van der Waals surface area (Å²) < 4.78 is 5.15. The summed E-state index contributed by atoms with van der Waals surface area (Å²) in [6.07, 6.45) is 3.23. The maximum atomic E-state index is 12.7.